The highest BCUT2D eigenvalue weighted by Crippen LogP contribution is 2.44. The summed E-state index contributed by atoms with van der Waals surface area (Å²) in [5.41, 5.74) is 2.10. The summed E-state index contributed by atoms with van der Waals surface area (Å²) in [7, 11) is 1.98. The van der Waals surface area contributed by atoms with E-state index in [9.17, 15) is 5.11 Å². The van der Waals surface area contributed by atoms with Gasteiger partial charge in [-0.25, -0.2) is 0 Å². The zero-order valence-corrected chi connectivity index (χ0v) is 13.7. The fraction of sp³-hybridized carbons (Fsp3) is 0.643. The number of ether oxygens (including phenoxy) is 1. The highest BCUT2D eigenvalue weighted by molar-refractivity contribution is 14.2. The van der Waals surface area contributed by atoms with Gasteiger partial charge in [0.15, 0.2) is 0 Å². The van der Waals surface area contributed by atoms with Crippen LogP contribution in [0.1, 0.15) is 40.0 Å². The Hall–Kier alpha value is -0.200. The predicted molar refractivity (Wildman–Crippen MR) is 83.6 cm³/mol. The van der Waals surface area contributed by atoms with E-state index in [1.54, 1.807) is 0 Å². The first-order chi connectivity index (χ1) is 8.47. The van der Waals surface area contributed by atoms with Gasteiger partial charge < -0.3 is 15.2 Å². The van der Waals surface area contributed by atoms with Crippen LogP contribution in [-0.2, 0) is 4.74 Å². The average molecular weight is 363 g/mol. The van der Waals surface area contributed by atoms with E-state index in [1.807, 2.05) is 14.0 Å². The fourth-order valence-corrected chi connectivity index (χ4v) is 5.00. The maximum Gasteiger partial charge on any atom is 0.132 e. The highest BCUT2D eigenvalue weighted by Gasteiger charge is 2.34. The zero-order valence-electron chi connectivity index (χ0n) is 11.6. The molecule has 18 heavy (non-hydrogen) atoms. The second-order valence-electron chi connectivity index (χ2n) is 5.27. The van der Waals surface area contributed by atoms with E-state index in [4.69, 9.17) is 4.74 Å². The third-order valence-electron chi connectivity index (χ3n) is 3.79. The number of hydrogen-bond acceptors (Lipinski definition) is 3. The fourth-order valence-electron chi connectivity index (χ4n) is 2.28. The number of halogens is 1. The summed E-state index contributed by atoms with van der Waals surface area (Å²) in [4.78, 5) is 0. The smallest absolute Gasteiger partial charge is 0.132 e. The molecule has 0 amide bonds. The average Bonchev–Trinajstić information content (AvgIpc) is 2.35. The van der Waals surface area contributed by atoms with E-state index >= 15 is 0 Å². The first-order valence-corrected chi connectivity index (χ1v) is 8.58. The van der Waals surface area contributed by atoms with Crippen molar-refractivity contribution in [2.75, 3.05) is 13.6 Å². The van der Waals surface area contributed by atoms with Crippen LogP contribution in [0, 0.1) is 0 Å². The third kappa shape index (κ3) is 2.70. The van der Waals surface area contributed by atoms with E-state index in [2.05, 4.69) is 19.2 Å². The van der Waals surface area contributed by atoms with E-state index in [1.165, 1.54) is 3.58 Å². The van der Waals surface area contributed by atoms with Crippen molar-refractivity contribution in [3.05, 3.63) is 20.5 Å². The van der Waals surface area contributed by atoms with Gasteiger partial charge in [0, 0.05) is 3.58 Å². The van der Waals surface area contributed by atoms with Crippen LogP contribution in [0.3, 0.4) is 0 Å². The molecule has 0 radical (unpaired) electrons. The Bertz CT molecular complexity index is 451. The minimum atomic E-state index is -0.379. The molecule has 102 valence electrons. The number of nitrogens with one attached hydrogen (secondary N) is 1. The molecule has 0 saturated carbocycles. The molecule has 3 nitrogen and oxygen atoms in total. The lowest BCUT2D eigenvalue weighted by Gasteiger charge is -2.38. The van der Waals surface area contributed by atoms with Crippen LogP contribution in [0.2, 0.25) is 0 Å². The second-order valence-corrected chi connectivity index (χ2v) is 8.14. The Balaban J connectivity index is 2.26. The van der Waals surface area contributed by atoms with E-state index in [0.717, 1.165) is 42.7 Å². The van der Waals surface area contributed by atoms with Crippen molar-refractivity contribution < 1.29 is 9.84 Å². The summed E-state index contributed by atoms with van der Waals surface area (Å²) in [6.45, 7) is 7.24. The Morgan fingerprint density at radius 1 is 1.39 bits per heavy atom. The first-order valence-electron chi connectivity index (χ1n) is 6.42. The van der Waals surface area contributed by atoms with E-state index in [0.29, 0.717) is 3.69 Å². The molecule has 2 aliphatic rings. The normalized spacial score (nSPS) is 28.4. The summed E-state index contributed by atoms with van der Waals surface area (Å²) in [5.74, 6) is 1.09. The van der Waals surface area contributed by atoms with Crippen LogP contribution in [0.5, 0.6) is 0 Å². The van der Waals surface area contributed by atoms with Gasteiger partial charge in [0.25, 0.3) is 0 Å². The van der Waals surface area contributed by atoms with Crippen molar-refractivity contribution in [3.8, 4) is 0 Å². The van der Waals surface area contributed by atoms with E-state index in [-0.39, 0.29) is 26.3 Å². The monoisotopic (exact) mass is 363 g/mol. The molecule has 2 aliphatic heterocycles. The highest BCUT2D eigenvalue weighted by atomic mass is 127. The molecule has 0 fully saturated rings. The third-order valence-corrected chi connectivity index (χ3v) is 6.79. The van der Waals surface area contributed by atoms with Crippen molar-refractivity contribution in [2.45, 2.75) is 45.6 Å². The van der Waals surface area contributed by atoms with Crippen LogP contribution >= 0.6 is 20.7 Å². The lowest BCUT2D eigenvalue weighted by atomic mass is 9.92. The molecule has 2 heterocycles. The van der Waals surface area contributed by atoms with Gasteiger partial charge in [0.2, 0.25) is 0 Å². The van der Waals surface area contributed by atoms with Crippen molar-refractivity contribution >= 4 is 24.4 Å². The van der Waals surface area contributed by atoms with Crippen LogP contribution in [-0.4, -0.2) is 28.0 Å². The molecule has 2 rings (SSSR count). The van der Waals surface area contributed by atoms with Crippen LogP contribution in [0.25, 0.3) is 0 Å². The summed E-state index contributed by atoms with van der Waals surface area (Å²) >= 11 is -0.379. The van der Waals surface area contributed by atoms with Gasteiger partial charge in [-0.05, 0) is 64.8 Å². The minimum absolute atomic E-state index is 0.0555. The molecule has 0 aromatic heterocycles. The van der Waals surface area contributed by atoms with Gasteiger partial charge in [-0.15, -0.1) is 0 Å². The summed E-state index contributed by atoms with van der Waals surface area (Å²) in [5, 5.41) is 13.2. The molecule has 1 atom stereocenters. The maximum absolute atomic E-state index is 9.97. The Labute approximate surface area is 119 Å². The number of allylic oxidation sites excluding steroid dienone is 2. The molecule has 0 aromatic carbocycles. The Kier molecular flexibility index (Phi) is 4.29. The SMILES string of the molecule is CNCCC1(C)CCC2=C(O1)C(C)=C(C)C(O)=I2. The first kappa shape index (κ1) is 14.2. The molecular weight excluding hydrogens is 341 g/mol. The largest absolute Gasteiger partial charge is 0.486 e. The predicted octanol–water partition coefficient (Wildman–Crippen LogP) is 3.20. The summed E-state index contributed by atoms with van der Waals surface area (Å²) in [6.07, 6.45) is 3.17. The van der Waals surface area contributed by atoms with Gasteiger partial charge in [0.05, 0.1) is 0 Å². The van der Waals surface area contributed by atoms with Crippen molar-refractivity contribution in [3.63, 3.8) is 0 Å². The number of aliphatic hydroxyl groups excluding tert-OH is 1. The zero-order chi connectivity index (χ0) is 13.3. The van der Waals surface area contributed by atoms with Crippen LogP contribution < -0.4 is 5.32 Å². The number of hydrogen-bond donors (Lipinski definition) is 2. The van der Waals surface area contributed by atoms with Gasteiger partial charge >= 0.3 is 0 Å². The summed E-state index contributed by atoms with van der Waals surface area (Å²) in [6, 6.07) is 0. The van der Waals surface area contributed by atoms with Crippen molar-refractivity contribution in [1.29, 1.82) is 0 Å². The van der Waals surface area contributed by atoms with E-state index < -0.39 is 0 Å². The molecule has 0 aromatic rings. The van der Waals surface area contributed by atoms with Gasteiger partial charge in [0.1, 0.15) is 15.1 Å². The number of rotatable bonds is 3. The molecule has 4 heteroatoms. The maximum atomic E-state index is 9.97. The Morgan fingerprint density at radius 2 is 2.11 bits per heavy atom. The molecule has 0 saturated heterocycles. The lowest BCUT2D eigenvalue weighted by molar-refractivity contribution is -0.00259. The molecule has 2 N–H and O–H groups in total. The Morgan fingerprint density at radius 3 is 2.78 bits per heavy atom. The second kappa shape index (κ2) is 5.43. The van der Waals surface area contributed by atoms with Crippen molar-refractivity contribution in [1.82, 2.24) is 5.32 Å². The van der Waals surface area contributed by atoms with Gasteiger partial charge in [-0.3, -0.25) is 0 Å². The lowest BCUT2D eigenvalue weighted by Crippen LogP contribution is -2.35. The van der Waals surface area contributed by atoms with Crippen LogP contribution in [0.15, 0.2) is 20.5 Å². The molecule has 0 aliphatic carbocycles. The topological polar surface area (TPSA) is 41.5 Å². The standard InChI is InChI=1S/C14H22INO2/c1-9-10(2)13(17)15-11-5-6-14(3,7-8-16-4)18-12(9)11/h16-17H,5-8H2,1-4H3. The molecule has 0 spiro atoms. The van der Waals surface area contributed by atoms with Gasteiger partial charge in [-0.2, -0.15) is 0 Å². The minimum Gasteiger partial charge on any atom is -0.486 e. The molecule has 1 unspecified atom stereocenters. The quantitative estimate of drug-likeness (QED) is 0.757. The summed E-state index contributed by atoms with van der Waals surface area (Å²) < 4.78 is 8.29. The molecular formula is C14H22INO2. The van der Waals surface area contributed by atoms with Gasteiger partial charge in [-0.1, -0.05) is 20.7 Å². The van der Waals surface area contributed by atoms with Crippen LogP contribution in [0.4, 0.5) is 0 Å². The van der Waals surface area contributed by atoms with Crippen molar-refractivity contribution in [2.24, 2.45) is 0 Å². The number of aliphatic hydroxyl groups is 1. The molecule has 0 bridgehead atoms.